The molecular formula is C13H17BrN4. The van der Waals surface area contributed by atoms with Crippen LogP contribution in [0.15, 0.2) is 23.2 Å². The van der Waals surface area contributed by atoms with Crippen LogP contribution in [-0.2, 0) is 6.54 Å². The molecule has 0 aromatic carbocycles. The molecule has 3 rings (SSSR count). The van der Waals surface area contributed by atoms with Gasteiger partial charge in [0.05, 0.1) is 18.1 Å². The lowest BCUT2D eigenvalue weighted by Gasteiger charge is -2.22. The summed E-state index contributed by atoms with van der Waals surface area (Å²) in [5.74, 6) is 0. The molecule has 1 N–H and O–H groups in total. The minimum Gasteiger partial charge on any atom is -0.308 e. The number of nitrogens with one attached hydrogen (secondary N) is 1. The van der Waals surface area contributed by atoms with Gasteiger partial charge in [0.15, 0.2) is 5.65 Å². The molecule has 0 unspecified atom stereocenters. The SMILES string of the molecule is Brc1cn2c(CNC3CCCCC3)cnc2cn1. The molecule has 96 valence electrons. The first kappa shape index (κ1) is 12.1. The Labute approximate surface area is 115 Å². The number of nitrogens with zero attached hydrogens (tertiary/aromatic N) is 3. The van der Waals surface area contributed by atoms with Crippen LogP contribution in [-0.4, -0.2) is 20.4 Å². The van der Waals surface area contributed by atoms with E-state index in [2.05, 4.69) is 35.6 Å². The van der Waals surface area contributed by atoms with E-state index < -0.39 is 0 Å². The zero-order valence-corrected chi connectivity index (χ0v) is 11.9. The Morgan fingerprint density at radius 3 is 2.89 bits per heavy atom. The number of halogens is 1. The summed E-state index contributed by atoms with van der Waals surface area (Å²) >= 11 is 3.40. The van der Waals surface area contributed by atoms with Gasteiger partial charge in [-0.3, -0.25) is 4.40 Å². The van der Waals surface area contributed by atoms with E-state index in [-0.39, 0.29) is 0 Å². The molecule has 1 saturated carbocycles. The molecule has 0 spiro atoms. The number of hydrogen-bond donors (Lipinski definition) is 1. The summed E-state index contributed by atoms with van der Waals surface area (Å²) in [7, 11) is 0. The Balaban J connectivity index is 1.72. The molecular weight excluding hydrogens is 292 g/mol. The van der Waals surface area contributed by atoms with Crippen molar-refractivity contribution in [3.63, 3.8) is 0 Å². The molecule has 0 amide bonds. The van der Waals surface area contributed by atoms with Crippen LogP contribution in [0, 0.1) is 0 Å². The standard InChI is InChI=1S/C13H17BrN4/c14-12-9-18-11(7-17-13(18)8-16-12)6-15-10-4-2-1-3-5-10/h7-10,15H,1-6H2. The molecule has 2 aromatic heterocycles. The van der Waals surface area contributed by atoms with Crippen LogP contribution in [0.4, 0.5) is 0 Å². The lowest BCUT2D eigenvalue weighted by atomic mass is 9.95. The normalized spacial score (nSPS) is 17.4. The van der Waals surface area contributed by atoms with Gasteiger partial charge in [0.2, 0.25) is 0 Å². The van der Waals surface area contributed by atoms with Crippen molar-refractivity contribution in [3.05, 3.63) is 28.9 Å². The predicted molar refractivity (Wildman–Crippen MR) is 74.4 cm³/mol. The van der Waals surface area contributed by atoms with Crippen molar-refractivity contribution in [1.82, 2.24) is 19.7 Å². The van der Waals surface area contributed by atoms with Gasteiger partial charge in [0, 0.05) is 18.8 Å². The van der Waals surface area contributed by atoms with Crippen molar-refractivity contribution in [1.29, 1.82) is 0 Å². The van der Waals surface area contributed by atoms with Crippen LogP contribution in [0.3, 0.4) is 0 Å². The van der Waals surface area contributed by atoms with Gasteiger partial charge < -0.3 is 5.32 Å². The summed E-state index contributed by atoms with van der Waals surface area (Å²) in [5, 5.41) is 3.64. The molecule has 2 aromatic rings. The number of fused-ring (bicyclic) bond motifs is 1. The third-order valence-corrected chi connectivity index (χ3v) is 4.03. The van der Waals surface area contributed by atoms with Gasteiger partial charge in [-0.05, 0) is 28.8 Å². The summed E-state index contributed by atoms with van der Waals surface area (Å²) in [6.07, 6.45) is 12.4. The van der Waals surface area contributed by atoms with Crippen molar-refractivity contribution < 1.29 is 0 Å². The second-order valence-electron chi connectivity index (χ2n) is 4.90. The Kier molecular flexibility index (Phi) is 3.61. The lowest BCUT2D eigenvalue weighted by molar-refractivity contribution is 0.370. The molecule has 5 heteroatoms. The zero-order chi connectivity index (χ0) is 12.4. The minimum absolute atomic E-state index is 0.676. The topological polar surface area (TPSA) is 42.2 Å². The highest BCUT2D eigenvalue weighted by molar-refractivity contribution is 9.10. The van der Waals surface area contributed by atoms with Gasteiger partial charge in [0.1, 0.15) is 4.60 Å². The van der Waals surface area contributed by atoms with Crippen molar-refractivity contribution in [2.24, 2.45) is 0 Å². The van der Waals surface area contributed by atoms with E-state index in [9.17, 15) is 0 Å². The second kappa shape index (κ2) is 5.36. The monoisotopic (exact) mass is 308 g/mol. The van der Waals surface area contributed by atoms with E-state index in [1.807, 2.05) is 12.4 Å². The fraction of sp³-hybridized carbons (Fsp3) is 0.538. The van der Waals surface area contributed by atoms with Gasteiger partial charge >= 0.3 is 0 Å². The van der Waals surface area contributed by atoms with Gasteiger partial charge in [-0.15, -0.1) is 0 Å². The fourth-order valence-corrected chi connectivity index (χ4v) is 2.91. The summed E-state index contributed by atoms with van der Waals surface area (Å²) in [4.78, 5) is 8.55. The Morgan fingerprint density at radius 2 is 2.06 bits per heavy atom. The van der Waals surface area contributed by atoms with Crippen molar-refractivity contribution in [2.75, 3.05) is 0 Å². The van der Waals surface area contributed by atoms with E-state index in [1.54, 1.807) is 6.20 Å². The maximum absolute atomic E-state index is 4.36. The van der Waals surface area contributed by atoms with Crippen LogP contribution >= 0.6 is 15.9 Å². The Bertz CT molecular complexity index is 531. The average Bonchev–Trinajstić information content (AvgIpc) is 2.80. The highest BCUT2D eigenvalue weighted by atomic mass is 79.9. The zero-order valence-electron chi connectivity index (χ0n) is 10.3. The van der Waals surface area contributed by atoms with Crippen LogP contribution in [0.5, 0.6) is 0 Å². The molecule has 4 nitrogen and oxygen atoms in total. The maximum Gasteiger partial charge on any atom is 0.155 e. The first-order chi connectivity index (χ1) is 8.83. The highest BCUT2D eigenvalue weighted by Gasteiger charge is 2.13. The second-order valence-corrected chi connectivity index (χ2v) is 5.72. The largest absolute Gasteiger partial charge is 0.308 e. The summed E-state index contributed by atoms with van der Waals surface area (Å²) < 4.78 is 2.93. The lowest BCUT2D eigenvalue weighted by Crippen LogP contribution is -2.30. The molecule has 0 bridgehead atoms. The van der Waals surface area contributed by atoms with Crippen molar-refractivity contribution in [3.8, 4) is 0 Å². The fourth-order valence-electron chi connectivity index (χ4n) is 2.60. The first-order valence-corrected chi connectivity index (χ1v) is 7.33. The van der Waals surface area contributed by atoms with Crippen LogP contribution in [0.1, 0.15) is 37.8 Å². The quantitative estimate of drug-likeness (QED) is 0.948. The summed E-state index contributed by atoms with van der Waals surface area (Å²) in [5.41, 5.74) is 2.09. The molecule has 0 atom stereocenters. The minimum atomic E-state index is 0.676. The van der Waals surface area contributed by atoms with E-state index >= 15 is 0 Å². The number of rotatable bonds is 3. The number of aromatic nitrogens is 3. The van der Waals surface area contributed by atoms with Crippen LogP contribution in [0.2, 0.25) is 0 Å². The third-order valence-electron chi connectivity index (χ3n) is 3.62. The number of imidazole rings is 1. The van der Waals surface area contributed by atoms with E-state index in [0.717, 1.165) is 16.8 Å². The molecule has 18 heavy (non-hydrogen) atoms. The Morgan fingerprint density at radius 1 is 1.22 bits per heavy atom. The van der Waals surface area contributed by atoms with Crippen molar-refractivity contribution in [2.45, 2.75) is 44.7 Å². The smallest absolute Gasteiger partial charge is 0.155 e. The van der Waals surface area contributed by atoms with E-state index in [1.165, 1.54) is 37.8 Å². The van der Waals surface area contributed by atoms with E-state index in [0.29, 0.717) is 6.04 Å². The molecule has 1 aliphatic rings. The van der Waals surface area contributed by atoms with Gasteiger partial charge in [-0.2, -0.15) is 0 Å². The van der Waals surface area contributed by atoms with Gasteiger partial charge in [-0.25, -0.2) is 9.97 Å². The van der Waals surface area contributed by atoms with Crippen LogP contribution < -0.4 is 5.32 Å². The third kappa shape index (κ3) is 2.57. The van der Waals surface area contributed by atoms with Crippen LogP contribution in [0.25, 0.3) is 5.65 Å². The summed E-state index contributed by atoms with van der Waals surface area (Å²) in [6, 6.07) is 0.676. The molecule has 1 fully saturated rings. The molecule has 0 radical (unpaired) electrons. The molecule has 0 saturated heterocycles. The predicted octanol–water partition coefficient (Wildman–Crippen LogP) is 2.91. The van der Waals surface area contributed by atoms with Gasteiger partial charge in [-0.1, -0.05) is 19.3 Å². The molecule has 1 aliphatic carbocycles. The summed E-state index contributed by atoms with van der Waals surface area (Å²) in [6.45, 7) is 0.877. The first-order valence-electron chi connectivity index (χ1n) is 6.54. The number of hydrogen-bond acceptors (Lipinski definition) is 3. The highest BCUT2D eigenvalue weighted by Crippen LogP contribution is 2.18. The maximum atomic E-state index is 4.36. The van der Waals surface area contributed by atoms with Gasteiger partial charge in [0.25, 0.3) is 0 Å². The van der Waals surface area contributed by atoms with Crippen molar-refractivity contribution >= 4 is 21.6 Å². The molecule has 0 aliphatic heterocycles. The Hall–Kier alpha value is -0.940. The average molecular weight is 309 g/mol. The van der Waals surface area contributed by atoms with E-state index in [4.69, 9.17) is 0 Å². The molecule has 2 heterocycles.